The van der Waals surface area contributed by atoms with Gasteiger partial charge in [0.25, 0.3) is 0 Å². The summed E-state index contributed by atoms with van der Waals surface area (Å²) < 4.78 is 289. The van der Waals surface area contributed by atoms with Crippen LogP contribution in [0.3, 0.4) is 0 Å². The zero-order chi connectivity index (χ0) is 66.0. The minimum absolute atomic E-state index is 0.00606. The molecule has 0 spiro atoms. The third-order valence-electron chi connectivity index (χ3n) is 10.5. The van der Waals surface area contributed by atoms with E-state index in [9.17, 15) is 21.9 Å². The predicted octanol–water partition coefficient (Wildman–Crippen LogP) is 16.2. The number of fused-ring (bicyclic) bond motifs is 10. The second-order valence-electron chi connectivity index (χ2n) is 13.6. The highest BCUT2D eigenvalue weighted by Crippen LogP contribution is 2.55. The SMILES string of the molecule is [2H]c1cc2c(oc3c([2H])c([2H])cc(-c4c(-c5ccc(N(c6c([2H])c([2H])c([2H])c7c6C(C([2H])([2H])[2H])(C([2H])([2H])[2H])c6c([2H])c([2H])c([2H])c([2H])c6-7)c6c([2H])c7c([2H])c([2H])c([2H])c([2H])c7c7c([2H])c([2H])c([2H])cc67)cc5)cc([2H])c5c([2H])c([2H])c([2H])c([2H])c45)c32)c([2H])c1[2H]. The molecule has 12 rings (SSSR count). The number of rotatable bonds is 5. The monoisotopic (exact) mass is 784 g/mol. The molecule has 0 saturated carbocycles. The quantitative estimate of drug-likeness (QED) is 0.162. The third-order valence-corrected chi connectivity index (χ3v) is 10.5. The number of benzene rings is 10. The summed E-state index contributed by atoms with van der Waals surface area (Å²) >= 11 is 0. The number of anilines is 3. The second-order valence-corrected chi connectivity index (χ2v) is 13.6. The molecule has 0 bridgehead atoms. The van der Waals surface area contributed by atoms with E-state index in [-0.39, 0.29) is 55.0 Å². The molecule has 2 nitrogen and oxygen atoms in total. The summed E-state index contributed by atoms with van der Waals surface area (Å²) in [4.78, 5) is 0.816. The minimum Gasteiger partial charge on any atom is -0.456 e. The Hall–Kier alpha value is -7.42. The average molecular weight is 785 g/mol. The van der Waals surface area contributed by atoms with E-state index in [1.807, 2.05) is 0 Å². The van der Waals surface area contributed by atoms with E-state index in [1.54, 1.807) is 0 Å². The van der Waals surface area contributed by atoms with Gasteiger partial charge in [-0.1, -0.05) is 177 Å². The average Bonchev–Trinajstić information content (AvgIpc) is 1.46. The molecule has 2 heteroatoms. The standard InChI is InChI=1S/C57H39NO/c1-57(2)49-25-11-9-20-44(49)46-23-13-26-50(56(46)57)58(51-35-38-16-4-5-17-40(38)43-19-7-8-21-45(43)51)39-32-29-37(30-33-39)42-34-31-36-15-3-6-18-41(36)54(42)48-24-14-28-53-55(48)47-22-10-12-27-52(47)59-53/h3-35H,1-2H3/i1D3,2D3,3D,4D,5D,6D,7D,8D,9D,10D,11D,12D,13D,14D,15D,16D,17D,18D,19D,20D,23D,25D,26D,27D,28D,31D,35D. The molecular formula is C57H39NO. The third kappa shape index (κ3) is 5.00. The summed E-state index contributed by atoms with van der Waals surface area (Å²) in [6, 6.07) is -11.2. The van der Waals surface area contributed by atoms with Crippen molar-refractivity contribution in [1.29, 1.82) is 0 Å². The molecule has 1 aliphatic carbocycles. The molecule has 1 aromatic heterocycles. The maximum atomic E-state index is 10.2. The van der Waals surface area contributed by atoms with Crippen LogP contribution in [0.1, 0.15) is 67.3 Å². The first-order valence-corrected chi connectivity index (χ1v) is 18.0. The fraction of sp³-hybridized carbons (Fsp3) is 0.0526. The summed E-state index contributed by atoms with van der Waals surface area (Å²) in [7, 11) is 0. The van der Waals surface area contributed by atoms with Gasteiger partial charge >= 0.3 is 0 Å². The van der Waals surface area contributed by atoms with Crippen LogP contribution in [0.15, 0.2) is 204 Å². The Bertz CT molecular complexity index is 5150. The Morgan fingerprint density at radius 3 is 2.07 bits per heavy atom. The van der Waals surface area contributed by atoms with Gasteiger partial charge in [0, 0.05) is 35.5 Å². The van der Waals surface area contributed by atoms with Crippen molar-refractivity contribution in [3.8, 4) is 33.4 Å². The first-order valence-electron chi connectivity index (χ1n) is 33.5. The smallest absolute Gasteiger partial charge is 0.136 e. The molecule has 1 heterocycles. The molecule has 59 heavy (non-hydrogen) atoms. The van der Waals surface area contributed by atoms with Crippen LogP contribution in [-0.4, -0.2) is 0 Å². The lowest BCUT2D eigenvalue weighted by Crippen LogP contribution is -2.20. The zero-order valence-electron chi connectivity index (χ0n) is 61.0. The zero-order valence-corrected chi connectivity index (χ0v) is 30.0. The predicted molar refractivity (Wildman–Crippen MR) is 249 cm³/mol. The van der Waals surface area contributed by atoms with Gasteiger partial charge in [-0.2, -0.15) is 0 Å². The number of hydrogen-bond acceptors (Lipinski definition) is 2. The van der Waals surface area contributed by atoms with Crippen molar-refractivity contribution in [2.45, 2.75) is 19.1 Å². The normalized spacial score (nSPS) is 20.9. The first-order chi connectivity index (χ1) is 41.9. The number of nitrogens with zero attached hydrogens (tertiary/aromatic N) is 1. The van der Waals surface area contributed by atoms with E-state index in [4.69, 9.17) is 25.0 Å². The Morgan fingerprint density at radius 2 is 1.19 bits per heavy atom. The van der Waals surface area contributed by atoms with E-state index in [2.05, 4.69) is 0 Å². The van der Waals surface area contributed by atoms with E-state index >= 15 is 0 Å². The van der Waals surface area contributed by atoms with Gasteiger partial charge in [-0.25, -0.2) is 0 Å². The molecule has 0 saturated heterocycles. The summed E-state index contributed by atoms with van der Waals surface area (Å²) in [5.74, 6) is 0. The van der Waals surface area contributed by atoms with Crippen molar-refractivity contribution >= 4 is 71.3 Å². The molecule has 10 aromatic carbocycles. The summed E-state index contributed by atoms with van der Waals surface area (Å²) in [6.45, 7) is -7.96. The van der Waals surface area contributed by atoms with Gasteiger partial charge in [-0.3, -0.25) is 0 Å². The highest BCUT2D eigenvalue weighted by molar-refractivity contribution is 6.18. The van der Waals surface area contributed by atoms with Crippen LogP contribution < -0.4 is 4.90 Å². The van der Waals surface area contributed by atoms with Gasteiger partial charge < -0.3 is 9.32 Å². The Morgan fingerprint density at radius 1 is 0.475 bits per heavy atom. The van der Waals surface area contributed by atoms with E-state index in [1.165, 1.54) is 42.5 Å². The number of para-hydroxylation sites is 1. The van der Waals surface area contributed by atoms with Crippen LogP contribution >= 0.6 is 0 Å². The summed E-state index contributed by atoms with van der Waals surface area (Å²) in [5.41, 5.74) is -10.7. The lowest BCUT2D eigenvalue weighted by atomic mass is 9.81. The molecule has 11 aromatic rings. The van der Waals surface area contributed by atoms with Gasteiger partial charge in [-0.15, -0.1) is 0 Å². The van der Waals surface area contributed by atoms with Crippen molar-refractivity contribution in [3.63, 3.8) is 0 Å². The van der Waals surface area contributed by atoms with Crippen molar-refractivity contribution < 1.29 is 46.9 Å². The van der Waals surface area contributed by atoms with Crippen LogP contribution in [-0.2, 0) is 5.41 Å². The first kappa shape index (κ1) is 15.1. The minimum atomic E-state index is -3.98. The van der Waals surface area contributed by atoms with Crippen LogP contribution in [0.4, 0.5) is 17.1 Å². The Kier molecular flexibility index (Phi) is 3.27. The number of hydrogen-bond donors (Lipinski definition) is 0. The molecule has 1 aliphatic rings. The van der Waals surface area contributed by atoms with Crippen molar-refractivity contribution in [2.24, 2.45) is 0 Å². The Labute approximate surface area is 386 Å². The maximum absolute atomic E-state index is 10.2. The van der Waals surface area contributed by atoms with Crippen molar-refractivity contribution in [3.05, 3.63) is 211 Å². The highest BCUT2D eigenvalue weighted by Gasteiger charge is 2.39. The highest BCUT2D eigenvalue weighted by atomic mass is 16.3. The molecule has 0 amide bonds. The topological polar surface area (TPSA) is 16.4 Å². The second kappa shape index (κ2) is 12.8. The van der Waals surface area contributed by atoms with Crippen LogP contribution in [0.25, 0.3) is 87.6 Å². The lowest BCUT2D eigenvalue weighted by Gasteiger charge is -2.33. The lowest BCUT2D eigenvalue weighted by molar-refractivity contribution is 0.661. The fourth-order valence-electron chi connectivity index (χ4n) is 8.01. The fourth-order valence-corrected chi connectivity index (χ4v) is 8.01. The van der Waals surface area contributed by atoms with Crippen molar-refractivity contribution in [2.75, 3.05) is 4.90 Å². The van der Waals surface area contributed by atoms with Gasteiger partial charge in [-0.05, 0) is 108 Å². The van der Waals surface area contributed by atoms with Gasteiger partial charge in [0.15, 0.2) is 0 Å². The van der Waals surface area contributed by atoms with E-state index in [0.29, 0.717) is 0 Å². The molecule has 0 radical (unpaired) electrons. The summed E-state index contributed by atoms with van der Waals surface area (Å²) in [5, 5.41) is -2.94. The molecule has 0 fully saturated rings. The van der Waals surface area contributed by atoms with Gasteiger partial charge in [0.2, 0.25) is 0 Å². The molecule has 0 N–H and O–H groups in total. The maximum Gasteiger partial charge on any atom is 0.136 e. The van der Waals surface area contributed by atoms with Crippen LogP contribution in [0, 0.1) is 0 Å². The van der Waals surface area contributed by atoms with Crippen LogP contribution in [0.2, 0.25) is 0 Å². The van der Waals surface area contributed by atoms with Gasteiger partial charge in [0.05, 0.1) is 45.6 Å². The number of furan rings is 1. The molecule has 278 valence electrons. The Balaban J connectivity index is 1.29. The summed E-state index contributed by atoms with van der Waals surface area (Å²) in [6.07, 6.45) is 0. The van der Waals surface area contributed by atoms with Gasteiger partial charge in [0.1, 0.15) is 11.2 Å². The molecule has 0 atom stereocenters. The largest absolute Gasteiger partial charge is 0.456 e. The van der Waals surface area contributed by atoms with E-state index in [0.717, 1.165) is 11.0 Å². The van der Waals surface area contributed by atoms with Crippen LogP contribution in [0.5, 0.6) is 0 Å². The molecular weight excluding hydrogens is 715 g/mol. The van der Waals surface area contributed by atoms with Crippen molar-refractivity contribution in [1.82, 2.24) is 0 Å². The molecule has 0 unspecified atom stereocenters. The molecule has 0 aliphatic heterocycles. The van der Waals surface area contributed by atoms with E-state index < -0.39 is 231 Å².